The SMILES string of the molecule is c1nscc1C1OCCO1. The molecule has 3 nitrogen and oxygen atoms in total. The van der Waals surface area contributed by atoms with Crippen molar-refractivity contribution in [2.75, 3.05) is 13.2 Å². The van der Waals surface area contributed by atoms with Crippen LogP contribution >= 0.6 is 11.5 Å². The molecule has 1 aromatic heterocycles. The lowest BCUT2D eigenvalue weighted by molar-refractivity contribution is -0.0439. The van der Waals surface area contributed by atoms with Crippen LogP contribution in [0.25, 0.3) is 0 Å². The number of hydrogen-bond donors (Lipinski definition) is 0. The van der Waals surface area contributed by atoms with E-state index in [0.717, 1.165) is 5.56 Å². The summed E-state index contributed by atoms with van der Waals surface area (Å²) in [7, 11) is 0. The van der Waals surface area contributed by atoms with Crippen molar-refractivity contribution < 1.29 is 9.47 Å². The smallest absolute Gasteiger partial charge is 0.186 e. The number of rotatable bonds is 1. The molecule has 2 heterocycles. The highest BCUT2D eigenvalue weighted by Gasteiger charge is 2.18. The van der Waals surface area contributed by atoms with Gasteiger partial charge in [-0.05, 0) is 11.5 Å². The fourth-order valence-corrected chi connectivity index (χ4v) is 1.42. The van der Waals surface area contributed by atoms with Gasteiger partial charge in [0.1, 0.15) is 0 Å². The molecule has 0 radical (unpaired) electrons. The maximum absolute atomic E-state index is 5.24. The van der Waals surface area contributed by atoms with Gasteiger partial charge in [0.25, 0.3) is 0 Å². The highest BCUT2D eigenvalue weighted by atomic mass is 32.1. The highest BCUT2D eigenvalue weighted by molar-refractivity contribution is 7.03. The van der Waals surface area contributed by atoms with E-state index in [1.807, 2.05) is 5.38 Å². The predicted molar refractivity (Wildman–Crippen MR) is 36.8 cm³/mol. The van der Waals surface area contributed by atoms with Crippen LogP contribution in [0.3, 0.4) is 0 Å². The molecule has 1 fully saturated rings. The first-order chi connectivity index (χ1) is 4.97. The monoisotopic (exact) mass is 157 g/mol. The summed E-state index contributed by atoms with van der Waals surface area (Å²) in [5, 5.41) is 1.94. The lowest BCUT2D eigenvalue weighted by atomic mass is 10.4. The second-order valence-electron chi connectivity index (χ2n) is 2.03. The van der Waals surface area contributed by atoms with Gasteiger partial charge in [0.05, 0.1) is 13.2 Å². The van der Waals surface area contributed by atoms with Gasteiger partial charge in [0, 0.05) is 17.1 Å². The van der Waals surface area contributed by atoms with Crippen LogP contribution in [-0.2, 0) is 9.47 Å². The summed E-state index contributed by atoms with van der Waals surface area (Å²) in [5.41, 5.74) is 1.03. The van der Waals surface area contributed by atoms with E-state index in [1.165, 1.54) is 11.5 Å². The van der Waals surface area contributed by atoms with Crippen LogP contribution in [0.4, 0.5) is 0 Å². The molecular formula is C6H7NO2S. The van der Waals surface area contributed by atoms with Gasteiger partial charge in [-0.1, -0.05) is 0 Å². The maximum atomic E-state index is 5.24. The van der Waals surface area contributed by atoms with Crippen LogP contribution in [0.15, 0.2) is 11.6 Å². The Kier molecular flexibility index (Phi) is 1.66. The fourth-order valence-electron chi connectivity index (χ4n) is 0.880. The highest BCUT2D eigenvalue weighted by Crippen LogP contribution is 2.23. The molecule has 1 aromatic rings. The molecule has 1 saturated heterocycles. The topological polar surface area (TPSA) is 31.4 Å². The summed E-state index contributed by atoms with van der Waals surface area (Å²) in [6.45, 7) is 1.39. The summed E-state index contributed by atoms with van der Waals surface area (Å²) < 4.78 is 14.4. The zero-order chi connectivity index (χ0) is 6.81. The molecule has 0 amide bonds. The molecule has 4 heteroatoms. The second-order valence-corrected chi connectivity index (χ2v) is 2.69. The molecule has 10 heavy (non-hydrogen) atoms. The average molecular weight is 157 g/mol. The van der Waals surface area contributed by atoms with E-state index in [1.54, 1.807) is 6.20 Å². The molecule has 1 aliphatic rings. The number of nitrogens with zero attached hydrogens (tertiary/aromatic N) is 1. The number of aromatic nitrogens is 1. The van der Waals surface area contributed by atoms with Crippen molar-refractivity contribution >= 4 is 11.5 Å². The lowest BCUT2D eigenvalue weighted by Gasteiger charge is -2.03. The molecule has 54 valence electrons. The van der Waals surface area contributed by atoms with Gasteiger partial charge in [-0.25, -0.2) is 4.37 Å². The van der Waals surface area contributed by atoms with Crippen LogP contribution in [-0.4, -0.2) is 17.6 Å². The molecule has 2 rings (SSSR count). The standard InChI is InChI=1S/C6H7NO2S/c1-2-9-6(8-1)5-3-7-10-4-5/h3-4,6H,1-2H2. The Labute approximate surface area is 62.7 Å². The quantitative estimate of drug-likeness (QED) is 0.613. The third-order valence-corrected chi connectivity index (χ3v) is 1.95. The van der Waals surface area contributed by atoms with E-state index in [0.29, 0.717) is 13.2 Å². The average Bonchev–Trinajstić information content (AvgIpc) is 2.59. The lowest BCUT2D eigenvalue weighted by Crippen LogP contribution is -1.94. The molecule has 1 aliphatic heterocycles. The molecule has 0 N–H and O–H groups in total. The summed E-state index contributed by atoms with van der Waals surface area (Å²) >= 11 is 1.42. The molecule has 0 aliphatic carbocycles. The molecule has 0 bridgehead atoms. The molecule has 0 aromatic carbocycles. The van der Waals surface area contributed by atoms with E-state index in [-0.39, 0.29) is 6.29 Å². The van der Waals surface area contributed by atoms with Crippen LogP contribution in [0.5, 0.6) is 0 Å². The minimum Gasteiger partial charge on any atom is -0.346 e. The van der Waals surface area contributed by atoms with E-state index in [9.17, 15) is 0 Å². The second kappa shape index (κ2) is 2.65. The third-order valence-electron chi connectivity index (χ3n) is 1.35. The van der Waals surface area contributed by atoms with Gasteiger partial charge in [-0.15, -0.1) is 0 Å². The first kappa shape index (κ1) is 6.27. The van der Waals surface area contributed by atoms with Crippen LogP contribution in [0, 0.1) is 0 Å². The third kappa shape index (κ3) is 1.05. The van der Waals surface area contributed by atoms with Crippen molar-refractivity contribution in [1.82, 2.24) is 4.37 Å². The first-order valence-corrected chi connectivity index (χ1v) is 3.93. The Bertz CT molecular complexity index is 194. The van der Waals surface area contributed by atoms with Crippen LogP contribution in [0.2, 0.25) is 0 Å². The van der Waals surface area contributed by atoms with Crippen LogP contribution in [0.1, 0.15) is 11.9 Å². The van der Waals surface area contributed by atoms with Gasteiger partial charge in [-0.3, -0.25) is 0 Å². The van der Waals surface area contributed by atoms with Crippen molar-refractivity contribution in [3.8, 4) is 0 Å². The summed E-state index contributed by atoms with van der Waals surface area (Å²) in [5.74, 6) is 0. The van der Waals surface area contributed by atoms with Gasteiger partial charge < -0.3 is 9.47 Å². The predicted octanol–water partition coefficient (Wildman–Crippen LogP) is 1.19. The Morgan fingerprint density at radius 3 is 2.90 bits per heavy atom. The van der Waals surface area contributed by atoms with Gasteiger partial charge in [-0.2, -0.15) is 0 Å². The van der Waals surface area contributed by atoms with E-state index < -0.39 is 0 Å². The number of hydrogen-bond acceptors (Lipinski definition) is 4. The Morgan fingerprint density at radius 2 is 2.30 bits per heavy atom. The van der Waals surface area contributed by atoms with Crippen molar-refractivity contribution in [3.05, 3.63) is 17.1 Å². The first-order valence-electron chi connectivity index (χ1n) is 3.09. The number of ether oxygens (including phenoxy) is 2. The molecule has 0 spiro atoms. The van der Waals surface area contributed by atoms with Crippen molar-refractivity contribution in [2.24, 2.45) is 0 Å². The van der Waals surface area contributed by atoms with E-state index >= 15 is 0 Å². The zero-order valence-corrected chi connectivity index (χ0v) is 6.13. The van der Waals surface area contributed by atoms with Crippen molar-refractivity contribution in [2.45, 2.75) is 6.29 Å². The Hall–Kier alpha value is -0.450. The zero-order valence-electron chi connectivity index (χ0n) is 5.32. The maximum Gasteiger partial charge on any atom is 0.186 e. The Morgan fingerprint density at radius 1 is 1.50 bits per heavy atom. The minimum atomic E-state index is -0.154. The molecular weight excluding hydrogens is 150 g/mol. The van der Waals surface area contributed by atoms with Crippen molar-refractivity contribution in [3.63, 3.8) is 0 Å². The van der Waals surface area contributed by atoms with E-state index in [4.69, 9.17) is 9.47 Å². The van der Waals surface area contributed by atoms with Crippen molar-refractivity contribution in [1.29, 1.82) is 0 Å². The molecule has 0 atom stereocenters. The fraction of sp³-hybridized carbons (Fsp3) is 0.500. The summed E-state index contributed by atoms with van der Waals surface area (Å²) in [4.78, 5) is 0. The molecule has 0 unspecified atom stereocenters. The minimum absolute atomic E-state index is 0.154. The Balaban J connectivity index is 2.12. The largest absolute Gasteiger partial charge is 0.346 e. The van der Waals surface area contributed by atoms with E-state index in [2.05, 4.69) is 4.37 Å². The van der Waals surface area contributed by atoms with Gasteiger partial charge in [0.2, 0.25) is 0 Å². The molecule has 0 saturated carbocycles. The summed E-state index contributed by atoms with van der Waals surface area (Å²) in [6, 6.07) is 0. The summed E-state index contributed by atoms with van der Waals surface area (Å²) in [6.07, 6.45) is 1.62. The van der Waals surface area contributed by atoms with Gasteiger partial charge >= 0.3 is 0 Å². The van der Waals surface area contributed by atoms with Crippen LogP contribution < -0.4 is 0 Å². The van der Waals surface area contributed by atoms with Gasteiger partial charge in [0.15, 0.2) is 6.29 Å². The normalized spacial score (nSPS) is 20.0.